The molecule has 0 bridgehead atoms. The van der Waals surface area contributed by atoms with Gasteiger partial charge in [0.25, 0.3) is 5.89 Å². The molecular weight excluding hydrogens is 394 g/mol. The van der Waals surface area contributed by atoms with Crippen molar-refractivity contribution in [3.8, 4) is 22.2 Å². The van der Waals surface area contributed by atoms with Gasteiger partial charge in [-0.2, -0.15) is 9.29 Å². The zero-order valence-corrected chi connectivity index (χ0v) is 17.6. The number of piperidine rings is 1. The first kappa shape index (κ1) is 19.3. The molecule has 0 saturated carbocycles. The van der Waals surface area contributed by atoms with Crippen LogP contribution in [0.25, 0.3) is 22.2 Å². The van der Waals surface area contributed by atoms with E-state index in [1.807, 2.05) is 44.2 Å². The van der Waals surface area contributed by atoms with Crippen molar-refractivity contribution >= 4 is 21.4 Å². The van der Waals surface area contributed by atoms with Crippen molar-refractivity contribution in [1.82, 2.24) is 14.4 Å². The Morgan fingerprint density at radius 1 is 1.25 bits per heavy atom. The normalized spacial score (nSPS) is 18.4. The fourth-order valence-electron chi connectivity index (χ4n) is 3.68. The Morgan fingerprint density at radius 3 is 2.79 bits per heavy atom. The molecule has 3 aromatic rings. The quantitative estimate of drug-likeness (QED) is 0.600. The Labute approximate surface area is 169 Å². The summed E-state index contributed by atoms with van der Waals surface area (Å²) in [4.78, 5) is 6.23. The Hall–Kier alpha value is -2.03. The van der Waals surface area contributed by atoms with E-state index in [0.29, 0.717) is 28.0 Å². The molecule has 3 heterocycles. The summed E-state index contributed by atoms with van der Waals surface area (Å²) in [5, 5.41) is 4.04. The van der Waals surface area contributed by atoms with Crippen LogP contribution in [0, 0.1) is 6.92 Å². The van der Waals surface area contributed by atoms with Crippen molar-refractivity contribution in [3.63, 3.8) is 0 Å². The molecule has 0 amide bonds. The van der Waals surface area contributed by atoms with Gasteiger partial charge in [0, 0.05) is 23.0 Å². The van der Waals surface area contributed by atoms with Crippen LogP contribution in [0.3, 0.4) is 0 Å². The fraction of sp³-hybridized carbons (Fsp3) is 0.400. The van der Waals surface area contributed by atoms with Gasteiger partial charge in [0.1, 0.15) is 0 Å². The Bertz CT molecular complexity index is 1060. The molecule has 2 aromatic heterocycles. The molecule has 0 unspecified atom stereocenters. The molecule has 4 rings (SSSR count). The first-order valence-electron chi connectivity index (χ1n) is 9.52. The van der Waals surface area contributed by atoms with E-state index in [9.17, 15) is 8.42 Å². The smallest absolute Gasteiger partial charge is 0.268 e. The molecule has 28 heavy (non-hydrogen) atoms. The van der Waals surface area contributed by atoms with E-state index in [2.05, 4.69) is 10.1 Å². The van der Waals surface area contributed by atoms with E-state index in [4.69, 9.17) is 4.52 Å². The molecule has 1 aromatic carbocycles. The van der Waals surface area contributed by atoms with Crippen LogP contribution in [0.15, 0.2) is 45.8 Å². The van der Waals surface area contributed by atoms with Crippen molar-refractivity contribution in [2.45, 2.75) is 50.5 Å². The van der Waals surface area contributed by atoms with Gasteiger partial charge in [0.05, 0.1) is 9.77 Å². The van der Waals surface area contributed by atoms with E-state index < -0.39 is 10.0 Å². The molecule has 1 saturated heterocycles. The Balaban J connectivity index is 1.66. The molecule has 6 nitrogen and oxygen atoms in total. The van der Waals surface area contributed by atoms with Gasteiger partial charge in [-0.1, -0.05) is 48.8 Å². The van der Waals surface area contributed by atoms with Crippen molar-refractivity contribution in [3.05, 3.63) is 41.3 Å². The lowest BCUT2D eigenvalue weighted by Gasteiger charge is -2.34. The van der Waals surface area contributed by atoms with Gasteiger partial charge < -0.3 is 4.52 Å². The second kappa shape index (κ2) is 7.77. The van der Waals surface area contributed by atoms with Crippen molar-refractivity contribution < 1.29 is 12.9 Å². The molecule has 1 aliphatic rings. The van der Waals surface area contributed by atoms with Crippen LogP contribution in [0.2, 0.25) is 0 Å². The number of aromatic nitrogens is 2. The summed E-state index contributed by atoms with van der Waals surface area (Å²) in [7, 11) is -3.53. The van der Waals surface area contributed by atoms with Crippen molar-refractivity contribution in [2.24, 2.45) is 0 Å². The molecular formula is C20H23N3O3S2. The van der Waals surface area contributed by atoms with Crippen LogP contribution in [0.1, 0.15) is 37.5 Å². The van der Waals surface area contributed by atoms with Gasteiger partial charge >= 0.3 is 0 Å². The number of hydrogen-bond donors (Lipinski definition) is 0. The van der Waals surface area contributed by atoms with Gasteiger partial charge in [-0.05, 0) is 32.3 Å². The minimum atomic E-state index is -3.53. The topological polar surface area (TPSA) is 76.3 Å². The first-order chi connectivity index (χ1) is 13.5. The number of nitrogens with zero attached hydrogens (tertiary/aromatic N) is 3. The highest BCUT2D eigenvalue weighted by Crippen LogP contribution is 2.36. The lowest BCUT2D eigenvalue weighted by molar-refractivity contribution is 0.246. The van der Waals surface area contributed by atoms with Gasteiger partial charge in [-0.3, -0.25) is 0 Å². The maximum absolute atomic E-state index is 13.3. The summed E-state index contributed by atoms with van der Waals surface area (Å²) in [5.74, 6) is 0.840. The number of rotatable bonds is 5. The van der Waals surface area contributed by atoms with Crippen molar-refractivity contribution in [1.29, 1.82) is 0 Å². The van der Waals surface area contributed by atoms with Crippen LogP contribution >= 0.6 is 11.3 Å². The number of hydrogen-bond acceptors (Lipinski definition) is 6. The van der Waals surface area contributed by atoms with Gasteiger partial charge in [-0.25, -0.2) is 8.42 Å². The molecule has 8 heteroatoms. The molecule has 0 spiro atoms. The van der Waals surface area contributed by atoms with Crippen LogP contribution in [-0.4, -0.2) is 35.5 Å². The lowest BCUT2D eigenvalue weighted by Crippen LogP contribution is -2.43. The van der Waals surface area contributed by atoms with Crippen LogP contribution in [0.5, 0.6) is 0 Å². The molecule has 0 aliphatic carbocycles. The highest BCUT2D eigenvalue weighted by molar-refractivity contribution is 7.89. The highest BCUT2D eigenvalue weighted by atomic mass is 32.2. The lowest BCUT2D eigenvalue weighted by atomic mass is 10.0. The summed E-state index contributed by atoms with van der Waals surface area (Å²) in [5.41, 5.74) is 0.859. The third-order valence-corrected chi connectivity index (χ3v) is 8.42. The van der Waals surface area contributed by atoms with E-state index in [1.165, 1.54) is 11.3 Å². The minimum Gasteiger partial charge on any atom is -0.333 e. The summed E-state index contributed by atoms with van der Waals surface area (Å²) < 4.78 is 33.7. The van der Waals surface area contributed by atoms with E-state index in [0.717, 1.165) is 36.1 Å². The molecule has 1 atom stereocenters. The predicted octanol–water partition coefficient (Wildman–Crippen LogP) is 4.73. The Kier molecular flexibility index (Phi) is 5.35. The SMILES string of the molecule is CC[C@@H]1CCCCN1S(=O)(=O)c1cc(-c2nc(-c3ccccc3)no2)sc1C. The third kappa shape index (κ3) is 3.52. The van der Waals surface area contributed by atoms with E-state index in [-0.39, 0.29) is 6.04 Å². The summed E-state index contributed by atoms with van der Waals surface area (Å²) in [6.45, 7) is 4.47. The molecule has 0 N–H and O–H groups in total. The maximum Gasteiger partial charge on any atom is 0.268 e. The standard InChI is InChI=1S/C20H23N3O3S2/c1-3-16-11-7-8-12-23(16)28(24,25)18-13-17(27-14(18)2)20-21-19(22-26-20)15-9-5-4-6-10-15/h4-6,9-10,13,16H,3,7-8,11-12H2,1-2H3/t16-/m1/s1. The number of thiophene rings is 1. The third-order valence-electron chi connectivity index (χ3n) is 5.17. The van der Waals surface area contributed by atoms with Crippen LogP contribution in [0.4, 0.5) is 0 Å². The number of sulfonamides is 1. The molecule has 0 radical (unpaired) electrons. The first-order valence-corrected chi connectivity index (χ1v) is 11.8. The average Bonchev–Trinajstić information content (AvgIpc) is 3.36. The fourth-order valence-corrected chi connectivity index (χ4v) is 6.93. The number of aryl methyl sites for hydroxylation is 1. The molecule has 1 aliphatic heterocycles. The second-order valence-electron chi connectivity index (χ2n) is 6.99. The molecule has 1 fully saturated rings. The van der Waals surface area contributed by atoms with Crippen molar-refractivity contribution in [2.75, 3.05) is 6.54 Å². The van der Waals surface area contributed by atoms with Gasteiger partial charge in [0.2, 0.25) is 15.8 Å². The zero-order chi connectivity index (χ0) is 19.7. The Morgan fingerprint density at radius 2 is 2.04 bits per heavy atom. The summed E-state index contributed by atoms with van der Waals surface area (Å²) >= 11 is 1.37. The zero-order valence-electron chi connectivity index (χ0n) is 16.0. The van der Waals surface area contributed by atoms with Crippen LogP contribution < -0.4 is 0 Å². The largest absolute Gasteiger partial charge is 0.333 e. The van der Waals surface area contributed by atoms with Gasteiger partial charge in [0.15, 0.2) is 0 Å². The van der Waals surface area contributed by atoms with E-state index >= 15 is 0 Å². The second-order valence-corrected chi connectivity index (χ2v) is 10.1. The summed E-state index contributed by atoms with van der Waals surface area (Å²) in [6.07, 6.45) is 3.76. The van der Waals surface area contributed by atoms with E-state index in [1.54, 1.807) is 10.4 Å². The predicted molar refractivity (Wildman–Crippen MR) is 110 cm³/mol. The molecule has 148 valence electrons. The number of benzene rings is 1. The highest BCUT2D eigenvalue weighted by Gasteiger charge is 2.34. The monoisotopic (exact) mass is 417 g/mol. The summed E-state index contributed by atoms with van der Waals surface area (Å²) in [6, 6.07) is 11.3. The maximum atomic E-state index is 13.3. The minimum absolute atomic E-state index is 0.0783. The van der Waals surface area contributed by atoms with Crippen LogP contribution in [-0.2, 0) is 10.0 Å². The average molecular weight is 418 g/mol. The van der Waals surface area contributed by atoms with Gasteiger partial charge in [-0.15, -0.1) is 11.3 Å².